The van der Waals surface area contributed by atoms with Crippen LogP contribution in [0.25, 0.3) is 11.3 Å². The van der Waals surface area contributed by atoms with Crippen LogP contribution in [0.15, 0.2) is 48.8 Å². The second kappa shape index (κ2) is 13.3. The molecule has 2 bridgehead atoms. The van der Waals surface area contributed by atoms with Crippen molar-refractivity contribution in [2.75, 3.05) is 31.6 Å². The lowest BCUT2D eigenvalue weighted by atomic mass is 9.51. The van der Waals surface area contributed by atoms with Crippen LogP contribution in [0.2, 0.25) is 0 Å². The molecule has 3 heterocycles. The van der Waals surface area contributed by atoms with E-state index in [9.17, 15) is 9.59 Å². The predicted molar refractivity (Wildman–Crippen MR) is 198 cm³/mol. The molecule has 3 aromatic rings. The van der Waals surface area contributed by atoms with Crippen molar-refractivity contribution in [3.05, 3.63) is 59.9 Å². The van der Waals surface area contributed by atoms with Crippen LogP contribution in [0.4, 0.5) is 10.6 Å². The second-order valence-corrected chi connectivity index (χ2v) is 17.2. The minimum atomic E-state index is -0.199. The summed E-state index contributed by atoms with van der Waals surface area (Å²) >= 11 is 0. The van der Waals surface area contributed by atoms with Crippen molar-refractivity contribution in [2.45, 2.75) is 121 Å². The maximum Gasteiger partial charge on any atom is 0.410 e. The van der Waals surface area contributed by atoms with E-state index < -0.39 is 0 Å². The number of anilines is 1. The van der Waals surface area contributed by atoms with Gasteiger partial charge < -0.3 is 14.4 Å². The van der Waals surface area contributed by atoms with Gasteiger partial charge in [0.05, 0.1) is 24.5 Å². The maximum absolute atomic E-state index is 14.7. The minimum Gasteiger partial charge on any atom is -0.496 e. The molecule has 272 valence electrons. The molecule has 1 aliphatic heterocycles. The first kappa shape index (κ1) is 34.2. The van der Waals surface area contributed by atoms with Gasteiger partial charge >= 0.3 is 6.09 Å². The fraction of sp³-hybridized carbons (Fsp3) is 0.619. The summed E-state index contributed by atoms with van der Waals surface area (Å²) in [5, 5.41) is 4.74. The first-order valence-electron chi connectivity index (χ1n) is 19.5. The number of amides is 2. The summed E-state index contributed by atoms with van der Waals surface area (Å²) in [5.74, 6) is 2.29. The lowest BCUT2D eigenvalue weighted by molar-refractivity contribution is -0.124. The summed E-state index contributed by atoms with van der Waals surface area (Å²) in [7, 11) is 1.74. The smallest absolute Gasteiger partial charge is 0.410 e. The average Bonchev–Trinajstić information content (AvgIpc) is 3.63. The van der Waals surface area contributed by atoms with Crippen LogP contribution in [0.5, 0.6) is 5.75 Å². The first-order valence-corrected chi connectivity index (χ1v) is 19.5. The number of likely N-dealkylation sites (tertiary alicyclic amines) is 1. The van der Waals surface area contributed by atoms with Crippen molar-refractivity contribution in [2.24, 2.45) is 17.3 Å². The Morgan fingerprint density at radius 1 is 0.961 bits per heavy atom. The fourth-order valence-corrected chi connectivity index (χ4v) is 9.86. The number of aryl methyl sites for hydroxylation is 1. The van der Waals surface area contributed by atoms with Crippen LogP contribution >= 0.6 is 0 Å². The second-order valence-electron chi connectivity index (χ2n) is 17.2. The van der Waals surface area contributed by atoms with E-state index in [2.05, 4.69) is 54.7 Å². The van der Waals surface area contributed by atoms with E-state index in [1.54, 1.807) is 12.0 Å². The van der Waals surface area contributed by atoms with E-state index >= 15 is 0 Å². The molecule has 9 nitrogen and oxygen atoms in total. The van der Waals surface area contributed by atoms with Gasteiger partial charge in [-0.15, -0.1) is 0 Å². The number of hydrogen-bond donors (Lipinski definition) is 0. The number of rotatable bonds is 9. The van der Waals surface area contributed by atoms with E-state index in [-0.39, 0.29) is 40.4 Å². The number of nitrogens with zero attached hydrogens (tertiary/aromatic N) is 5. The van der Waals surface area contributed by atoms with Crippen LogP contribution in [0.3, 0.4) is 0 Å². The molecule has 0 atom stereocenters. The molecule has 0 radical (unpaired) electrons. The fourth-order valence-electron chi connectivity index (χ4n) is 9.86. The van der Waals surface area contributed by atoms with Gasteiger partial charge in [-0.1, -0.05) is 25.1 Å². The highest BCUT2D eigenvalue weighted by molar-refractivity contribution is 5.94. The first-order chi connectivity index (χ1) is 24.6. The van der Waals surface area contributed by atoms with Gasteiger partial charge in [0.2, 0.25) is 5.91 Å². The molecular weight excluding hydrogens is 638 g/mol. The van der Waals surface area contributed by atoms with Crippen LogP contribution in [-0.4, -0.2) is 64.5 Å². The topological polar surface area (TPSA) is 89.8 Å². The largest absolute Gasteiger partial charge is 0.496 e. The molecule has 5 saturated carbocycles. The lowest BCUT2D eigenvalue weighted by Gasteiger charge is -2.55. The quantitative estimate of drug-likeness (QED) is 0.224. The molecular formula is C42H55N5O4. The molecule has 0 spiro atoms. The van der Waals surface area contributed by atoms with Crippen molar-refractivity contribution >= 4 is 17.8 Å². The minimum absolute atomic E-state index is 0.0708. The Hall–Kier alpha value is -3.88. The van der Waals surface area contributed by atoms with Gasteiger partial charge in [-0.3, -0.25) is 14.4 Å². The molecule has 5 aliphatic carbocycles. The molecule has 1 aromatic carbocycles. The molecule has 2 amide bonds. The Morgan fingerprint density at radius 3 is 2.31 bits per heavy atom. The van der Waals surface area contributed by atoms with Gasteiger partial charge in [0, 0.05) is 37.3 Å². The van der Waals surface area contributed by atoms with Gasteiger partial charge in [0.25, 0.3) is 0 Å². The zero-order valence-corrected chi connectivity index (χ0v) is 31.0. The number of hydrogen-bond acceptors (Lipinski definition) is 6. The summed E-state index contributed by atoms with van der Waals surface area (Å²) in [5.41, 5.74) is 4.84. The molecule has 9 rings (SSSR count). The van der Waals surface area contributed by atoms with E-state index in [1.807, 2.05) is 24.4 Å². The normalized spacial score (nSPS) is 28.4. The molecule has 0 N–H and O–H groups in total. The van der Waals surface area contributed by atoms with Crippen molar-refractivity contribution in [3.8, 4) is 17.0 Å². The standard InChI is InChI=1S/C42H55N5O4/c1-29-25-45(26-29)39(49)51-34-12-9-31(10-13-34)38(48)46(37-8-5-7-35(44-37)32-24-43-47(27-32)40(3)15-6-16-40)28-41-17-20-42(21-18-41,22-19-41)33-11-14-36(50-4)30(2)23-33/h5,7-8,11,14,23-24,27,29,31,34H,6,9-10,12-13,15-22,25-26,28H2,1-4H3. The van der Waals surface area contributed by atoms with E-state index in [0.29, 0.717) is 12.5 Å². The maximum atomic E-state index is 14.7. The lowest BCUT2D eigenvalue weighted by Crippen LogP contribution is -2.52. The van der Waals surface area contributed by atoms with Crippen molar-refractivity contribution in [1.29, 1.82) is 0 Å². The number of carbonyl (C=O) groups is 2. The molecule has 51 heavy (non-hydrogen) atoms. The zero-order chi connectivity index (χ0) is 35.4. The Morgan fingerprint density at radius 2 is 1.69 bits per heavy atom. The summed E-state index contributed by atoms with van der Waals surface area (Å²) in [6.07, 6.45) is 16.9. The summed E-state index contributed by atoms with van der Waals surface area (Å²) in [6, 6.07) is 12.9. The summed E-state index contributed by atoms with van der Waals surface area (Å²) in [4.78, 5) is 36.4. The molecule has 1 saturated heterocycles. The van der Waals surface area contributed by atoms with Crippen molar-refractivity contribution in [1.82, 2.24) is 19.7 Å². The number of methoxy groups -OCH3 is 1. The van der Waals surface area contributed by atoms with Gasteiger partial charge in [-0.2, -0.15) is 5.10 Å². The molecule has 6 aliphatic rings. The highest BCUT2D eigenvalue weighted by Gasteiger charge is 2.51. The van der Waals surface area contributed by atoms with Crippen LogP contribution in [0.1, 0.15) is 108 Å². The molecule has 2 aromatic heterocycles. The average molecular weight is 694 g/mol. The predicted octanol–water partition coefficient (Wildman–Crippen LogP) is 8.43. The van der Waals surface area contributed by atoms with Crippen molar-refractivity contribution < 1.29 is 19.1 Å². The van der Waals surface area contributed by atoms with Crippen molar-refractivity contribution in [3.63, 3.8) is 0 Å². The Bertz CT molecular complexity index is 1740. The monoisotopic (exact) mass is 693 g/mol. The van der Waals surface area contributed by atoms with Gasteiger partial charge in [0.15, 0.2) is 0 Å². The molecule has 0 unspecified atom stereocenters. The Labute approximate surface area is 303 Å². The number of fused-ring (bicyclic) bond motifs is 3. The van der Waals surface area contributed by atoms with Gasteiger partial charge in [-0.25, -0.2) is 9.78 Å². The number of aromatic nitrogens is 3. The molecule has 6 fully saturated rings. The van der Waals surface area contributed by atoms with E-state index in [0.717, 1.165) is 113 Å². The van der Waals surface area contributed by atoms with Crippen LogP contribution in [0, 0.1) is 24.2 Å². The number of pyridine rings is 1. The Kier molecular flexibility index (Phi) is 8.90. The summed E-state index contributed by atoms with van der Waals surface area (Å²) < 4.78 is 13.6. The SMILES string of the molecule is COc1ccc(C23CCC(CN(C(=O)C4CCC(OC(=O)N5CC(C)C5)CC4)c4cccc(-c5cnn(C6(C)CCC6)c5)n4)(CC2)CC3)cc1C. The van der Waals surface area contributed by atoms with Gasteiger partial charge in [-0.05, 0) is 143 Å². The molecule has 9 heteroatoms. The highest BCUT2D eigenvalue weighted by Crippen LogP contribution is 2.58. The number of ether oxygens (including phenoxy) is 2. The third kappa shape index (κ3) is 6.43. The van der Waals surface area contributed by atoms with E-state index in [1.165, 1.54) is 17.5 Å². The number of benzene rings is 1. The third-order valence-corrected chi connectivity index (χ3v) is 13.7. The third-order valence-electron chi connectivity index (χ3n) is 13.7. The number of carbonyl (C=O) groups excluding carboxylic acids is 2. The van der Waals surface area contributed by atoms with Crippen LogP contribution < -0.4 is 9.64 Å². The van der Waals surface area contributed by atoms with Crippen LogP contribution in [-0.2, 0) is 20.5 Å². The summed E-state index contributed by atoms with van der Waals surface area (Å²) in [6.45, 7) is 8.81. The van der Waals surface area contributed by atoms with E-state index in [4.69, 9.17) is 19.6 Å². The zero-order valence-electron chi connectivity index (χ0n) is 31.0. The highest BCUT2D eigenvalue weighted by atomic mass is 16.6. The Balaban J connectivity index is 1.01. The van der Waals surface area contributed by atoms with Gasteiger partial charge in [0.1, 0.15) is 17.7 Å².